The zero-order chi connectivity index (χ0) is 15.7. The molecule has 3 rings (SSSR count). The molecule has 2 aliphatic rings. The fourth-order valence-corrected chi connectivity index (χ4v) is 5.02. The van der Waals surface area contributed by atoms with E-state index in [0.29, 0.717) is 26.2 Å². The quantitative estimate of drug-likeness (QED) is 0.845. The number of halogens is 1. The maximum Gasteiger partial charge on any atom is 0.243 e. The first kappa shape index (κ1) is 15.9. The van der Waals surface area contributed by atoms with Gasteiger partial charge in [0.05, 0.1) is 23.6 Å². The molecule has 1 heterocycles. The number of hydrogen-bond donors (Lipinski definition) is 0. The molecule has 1 aromatic carbocycles. The van der Waals surface area contributed by atoms with Crippen LogP contribution >= 0.6 is 0 Å². The third kappa shape index (κ3) is 2.78. The third-order valence-corrected chi connectivity index (χ3v) is 6.19. The van der Waals surface area contributed by atoms with Crippen molar-refractivity contribution in [3.63, 3.8) is 0 Å². The average molecular weight is 329 g/mol. The van der Waals surface area contributed by atoms with Crippen molar-refractivity contribution in [3.8, 4) is 0 Å². The largest absolute Gasteiger partial charge is 0.376 e. The molecule has 1 aliphatic heterocycles. The fraction of sp³-hybridized carbons (Fsp3) is 0.600. The summed E-state index contributed by atoms with van der Waals surface area (Å²) in [6.07, 6.45) is 1.17. The molecule has 0 bridgehead atoms. The summed E-state index contributed by atoms with van der Waals surface area (Å²) < 4.78 is 51.8. The van der Waals surface area contributed by atoms with Crippen LogP contribution in [0.4, 0.5) is 4.39 Å². The van der Waals surface area contributed by atoms with Crippen molar-refractivity contribution >= 4 is 10.0 Å². The number of hydrogen-bond acceptors (Lipinski definition) is 4. The number of sulfonamides is 1. The molecule has 5 nitrogen and oxygen atoms in total. The van der Waals surface area contributed by atoms with Crippen LogP contribution in [-0.2, 0) is 19.5 Å². The highest BCUT2D eigenvalue weighted by Gasteiger charge is 2.47. The van der Waals surface area contributed by atoms with E-state index in [-0.39, 0.29) is 23.1 Å². The van der Waals surface area contributed by atoms with Gasteiger partial charge >= 0.3 is 0 Å². The predicted octanol–water partition coefficient (Wildman–Crippen LogP) is 1.78. The van der Waals surface area contributed by atoms with Gasteiger partial charge in [0.1, 0.15) is 11.9 Å². The first-order chi connectivity index (χ1) is 10.5. The van der Waals surface area contributed by atoms with Gasteiger partial charge in [-0.25, -0.2) is 12.8 Å². The number of morpholine rings is 1. The normalized spacial score (nSPS) is 29.5. The number of rotatable bonds is 4. The van der Waals surface area contributed by atoms with E-state index >= 15 is 0 Å². The Morgan fingerprint density at radius 2 is 2.23 bits per heavy atom. The summed E-state index contributed by atoms with van der Waals surface area (Å²) in [7, 11) is -3.72. The van der Waals surface area contributed by atoms with Gasteiger partial charge in [0.25, 0.3) is 0 Å². The Labute approximate surface area is 130 Å². The zero-order valence-electron chi connectivity index (χ0n) is 12.4. The highest BCUT2D eigenvalue weighted by atomic mass is 32.2. The van der Waals surface area contributed by atoms with E-state index < -0.39 is 15.8 Å². The highest BCUT2D eigenvalue weighted by molar-refractivity contribution is 7.89. The summed E-state index contributed by atoms with van der Waals surface area (Å²) in [6, 6.07) is 4.91. The van der Waals surface area contributed by atoms with Gasteiger partial charge in [0.15, 0.2) is 0 Å². The lowest BCUT2D eigenvalue weighted by molar-refractivity contribution is -0.0938. The van der Waals surface area contributed by atoms with Crippen molar-refractivity contribution in [1.82, 2.24) is 4.31 Å². The molecular weight excluding hydrogens is 309 g/mol. The Bertz CT molecular complexity index is 636. The Kier molecular flexibility index (Phi) is 4.49. The van der Waals surface area contributed by atoms with Crippen LogP contribution in [0.15, 0.2) is 29.2 Å². The lowest BCUT2D eigenvalue weighted by atomic mass is 10.1. The monoisotopic (exact) mass is 329 g/mol. The van der Waals surface area contributed by atoms with Crippen LogP contribution in [0.3, 0.4) is 0 Å². The summed E-state index contributed by atoms with van der Waals surface area (Å²) in [5.74, 6) is -0.551. The second-order valence-corrected chi connectivity index (χ2v) is 7.44. The number of ether oxygens (including phenoxy) is 2. The topological polar surface area (TPSA) is 55.8 Å². The highest BCUT2D eigenvalue weighted by Crippen LogP contribution is 2.35. The molecule has 122 valence electrons. The van der Waals surface area contributed by atoms with E-state index in [1.807, 2.05) is 6.92 Å². The summed E-state index contributed by atoms with van der Waals surface area (Å²) in [5.41, 5.74) is 0. The van der Waals surface area contributed by atoms with Gasteiger partial charge in [-0.3, -0.25) is 0 Å². The van der Waals surface area contributed by atoms with Gasteiger partial charge in [0, 0.05) is 13.2 Å². The second-order valence-electron chi connectivity index (χ2n) is 5.55. The SMILES string of the molecule is CCO[C@@H]1CC[C@@H]2[C@@H]1OCCN2S(=O)(=O)c1cccc(F)c1. The van der Waals surface area contributed by atoms with E-state index in [4.69, 9.17) is 9.47 Å². The van der Waals surface area contributed by atoms with Crippen molar-refractivity contribution in [1.29, 1.82) is 0 Å². The summed E-state index contributed by atoms with van der Waals surface area (Å²) >= 11 is 0. The van der Waals surface area contributed by atoms with Crippen molar-refractivity contribution < 1.29 is 22.3 Å². The fourth-order valence-electron chi connectivity index (χ4n) is 3.34. The number of nitrogens with zero attached hydrogens (tertiary/aromatic N) is 1. The van der Waals surface area contributed by atoms with Crippen LogP contribution in [0.2, 0.25) is 0 Å². The van der Waals surface area contributed by atoms with E-state index in [2.05, 4.69) is 0 Å². The lowest BCUT2D eigenvalue weighted by Crippen LogP contribution is -2.53. The lowest BCUT2D eigenvalue weighted by Gasteiger charge is -2.38. The standard InChI is InChI=1S/C15H20FNO4S/c1-2-20-14-7-6-13-15(14)21-9-8-17(13)22(18,19)12-5-3-4-11(16)10-12/h3-5,10,13-15H,2,6-9H2,1H3/t13-,14-,15+/m1/s1. The molecular formula is C15H20FNO4S. The Morgan fingerprint density at radius 3 is 2.95 bits per heavy atom. The molecule has 3 atom stereocenters. The van der Waals surface area contributed by atoms with Crippen molar-refractivity contribution in [3.05, 3.63) is 30.1 Å². The molecule has 1 saturated carbocycles. The minimum atomic E-state index is -3.72. The molecule has 0 radical (unpaired) electrons. The second kappa shape index (κ2) is 6.23. The van der Waals surface area contributed by atoms with E-state index in [0.717, 1.165) is 12.5 Å². The van der Waals surface area contributed by atoms with Crippen LogP contribution < -0.4 is 0 Å². The van der Waals surface area contributed by atoms with Gasteiger partial charge in [-0.1, -0.05) is 6.07 Å². The minimum Gasteiger partial charge on any atom is -0.376 e. The first-order valence-corrected chi connectivity index (χ1v) is 8.98. The average Bonchev–Trinajstić information content (AvgIpc) is 2.91. The molecule has 1 aromatic rings. The predicted molar refractivity (Wildman–Crippen MR) is 78.5 cm³/mol. The molecule has 7 heteroatoms. The van der Waals surface area contributed by atoms with Crippen LogP contribution in [0, 0.1) is 5.82 Å². The molecule has 22 heavy (non-hydrogen) atoms. The van der Waals surface area contributed by atoms with E-state index in [1.54, 1.807) is 0 Å². The molecule has 2 fully saturated rings. The Hall–Kier alpha value is -1.02. The Morgan fingerprint density at radius 1 is 1.41 bits per heavy atom. The molecule has 0 amide bonds. The van der Waals surface area contributed by atoms with Crippen LogP contribution in [0.5, 0.6) is 0 Å². The summed E-state index contributed by atoms with van der Waals surface area (Å²) in [6.45, 7) is 3.11. The van der Waals surface area contributed by atoms with Crippen LogP contribution in [-0.4, -0.2) is 50.7 Å². The summed E-state index contributed by atoms with van der Waals surface area (Å²) in [4.78, 5) is -0.00647. The van der Waals surface area contributed by atoms with E-state index in [9.17, 15) is 12.8 Å². The van der Waals surface area contributed by atoms with Crippen molar-refractivity contribution in [2.24, 2.45) is 0 Å². The maximum absolute atomic E-state index is 13.4. The zero-order valence-corrected chi connectivity index (χ0v) is 13.3. The molecule has 0 aromatic heterocycles. The molecule has 0 unspecified atom stereocenters. The van der Waals surface area contributed by atoms with Crippen molar-refractivity contribution in [2.75, 3.05) is 19.8 Å². The smallest absolute Gasteiger partial charge is 0.243 e. The van der Waals surface area contributed by atoms with Gasteiger partial charge in [-0.2, -0.15) is 4.31 Å². The van der Waals surface area contributed by atoms with Gasteiger partial charge in [-0.05, 0) is 38.0 Å². The first-order valence-electron chi connectivity index (χ1n) is 7.54. The molecule has 1 saturated heterocycles. The third-order valence-electron chi connectivity index (χ3n) is 4.27. The van der Waals surface area contributed by atoms with Crippen LogP contribution in [0.1, 0.15) is 19.8 Å². The van der Waals surface area contributed by atoms with Gasteiger partial charge in [0.2, 0.25) is 10.0 Å². The van der Waals surface area contributed by atoms with E-state index in [1.165, 1.54) is 22.5 Å². The van der Waals surface area contributed by atoms with Gasteiger partial charge < -0.3 is 9.47 Å². The summed E-state index contributed by atoms with van der Waals surface area (Å²) in [5, 5.41) is 0. The molecule has 1 aliphatic carbocycles. The number of fused-ring (bicyclic) bond motifs is 1. The molecule has 0 spiro atoms. The Balaban J connectivity index is 1.88. The van der Waals surface area contributed by atoms with Gasteiger partial charge in [-0.15, -0.1) is 0 Å². The van der Waals surface area contributed by atoms with Crippen molar-refractivity contribution in [2.45, 2.75) is 42.9 Å². The molecule has 0 N–H and O–H groups in total. The maximum atomic E-state index is 13.4. The minimum absolute atomic E-state index is 0.00647. The number of benzene rings is 1. The van der Waals surface area contributed by atoms with Crippen LogP contribution in [0.25, 0.3) is 0 Å².